The molecule has 1 unspecified atom stereocenters. The van der Waals surface area contributed by atoms with Crippen LogP contribution >= 0.6 is 0 Å². The fraction of sp³-hybridized carbons (Fsp3) is 0.476. The van der Waals surface area contributed by atoms with E-state index in [9.17, 15) is 19.5 Å². The number of rotatable bonds is 7. The van der Waals surface area contributed by atoms with Gasteiger partial charge in [0.05, 0.1) is 17.6 Å². The predicted octanol–water partition coefficient (Wildman–Crippen LogP) is 0.713. The molecule has 32 heavy (non-hydrogen) atoms. The zero-order valence-corrected chi connectivity index (χ0v) is 18.0. The van der Waals surface area contributed by atoms with E-state index in [1.165, 1.54) is 9.80 Å². The Morgan fingerprint density at radius 1 is 1.22 bits per heavy atom. The summed E-state index contributed by atoms with van der Waals surface area (Å²) >= 11 is 0. The number of nitrogens with one attached hydrogen (secondary N) is 2. The molecule has 3 heterocycles. The zero-order chi connectivity index (χ0) is 22.7. The summed E-state index contributed by atoms with van der Waals surface area (Å²) < 4.78 is 1.59. The Hall–Kier alpha value is -3.63. The van der Waals surface area contributed by atoms with Gasteiger partial charge in [-0.1, -0.05) is 5.21 Å². The molecule has 2 fully saturated rings. The molecule has 0 bridgehead atoms. The molecule has 1 aromatic carbocycles. The third-order valence-electron chi connectivity index (χ3n) is 6.12. The van der Waals surface area contributed by atoms with Crippen molar-refractivity contribution in [2.24, 2.45) is 0 Å². The first-order valence-corrected chi connectivity index (χ1v) is 10.7. The van der Waals surface area contributed by atoms with Crippen molar-refractivity contribution >= 4 is 23.6 Å². The van der Waals surface area contributed by atoms with Gasteiger partial charge in [0.2, 0.25) is 5.91 Å². The van der Waals surface area contributed by atoms with Crippen LogP contribution in [-0.2, 0) is 16.0 Å². The summed E-state index contributed by atoms with van der Waals surface area (Å²) in [5, 5.41) is 24.2. The van der Waals surface area contributed by atoms with Crippen molar-refractivity contribution < 1.29 is 19.5 Å². The van der Waals surface area contributed by atoms with Gasteiger partial charge in [0, 0.05) is 38.8 Å². The highest BCUT2D eigenvalue weighted by Crippen LogP contribution is 2.33. The SMILES string of the molecule is CNc1ccc(-n2cc(CC3(C(=O)O)CCCN3C(=O)CN3CCCNC3=O)nn2)cc1. The molecule has 1 aromatic heterocycles. The second-order valence-electron chi connectivity index (χ2n) is 8.12. The van der Waals surface area contributed by atoms with E-state index in [-0.39, 0.29) is 24.9 Å². The molecule has 0 saturated carbocycles. The Morgan fingerprint density at radius 2 is 2.00 bits per heavy atom. The lowest BCUT2D eigenvalue weighted by Crippen LogP contribution is -2.58. The standard InChI is InChI=1S/C21H27N7O4/c1-22-15-4-6-17(7-5-15)28-13-16(24-25-28)12-21(19(30)31)8-2-11-27(21)18(29)14-26-10-3-9-23-20(26)32/h4-7,13,22H,2-3,8-12,14H2,1H3,(H,23,32)(H,30,31). The number of carboxylic acids is 1. The van der Waals surface area contributed by atoms with Crippen LogP contribution in [0.1, 0.15) is 25.0 Å². The van der Waals surface area contributed by atoms with Gasteiger partial charge >= 0.3 is 12.0 Å². The molecule has 2 saturated heterocycles. The minimum absolute atomic E-state index is 0.0505. The molecule has 11 heteroatoms. The van der Waals surface area contributed by atoms with Gasteiger partial charge in [-0.3, -0.25) is 4.79 Å². The van der Waals surface area contributed by atoms with E-state index in [1.807, 2.05) is 31.3 Å². The fourth-order valence-corrected chi connectivity index (χ4v) is 4.39. The molecule has 4 rings (SSSR count). The molecule has 3 amide bonds. The van der Waals surface area contributed by atoms with Crippen molar-refractivity contribution in [1.82, 2.24) is 30.1 Å². The number of carboxylic acid groups (broad SMARTS) is 1. The summed E-state index contributed by atoms with van der Waals surface area (Å²) in [7, 11) is 1.83. The second kappa shape index (κ2) is 8.85. The molecule has 2 aliphatic heterocycles. The maximum atomic E-state index is 13.1. The Morgan fingerprint density at radius 3 is 2.69 bits per heavy atom. The van der Waals surface area contributed by atoms with Gasteiger partial charge in [-0.25, -0.2) is 14.3 Å². The van der Waals surface area contributed by atoms with Crippen molar-refractivity contribution in [1.29, 1.82) is 0 Å². The number of anilines is 1. The lowest BCUT2D eigenvalue weighted by molar-refractivity contribution is -0.156. The van der Waals surface area contributed by atoms with Crippen LogP contribution in [-0.4, -0.2) is 86.6 Å². The number of urea groups is 1. The first-order valence-electron chi connectivity index (χ1n) is 10.7. The topological polar surface area (TPSA) is 133 Å². The highest BCUT2D eigenvalue weighted by atomic mass is 16.4. The van der Waals surface area contributed by atoms with Crippen LogP contribution < -0.4 is 10.6 Å². The molecule has 0 aliphatic carbocycles. The van der Waals surface area contributed by atoms with Gasteiger partial charge in [-0.2, -0.15) is 0 Å². The number of amides is 3. The summed E-state index contributed by atoms with van der Waals surface area (Å²) in [6.07, 6.45) is 3.39. The van der Waals surface area contributed by atoms with Crippen LogP contribution in [0, 0.1) is 0 Å². The Kier molecular flexibility index (Phi) is 5.97. The van der Waals surface area contributed by atoms with Crippen LogP contribution in [0.15, 0.2) is 30.5 Å². The minimum atomic E-state index is -1.40. The molecule has 0 radical (unpaired) electrons. The van der Waals surface area contributed by atoms with Crippen molar-refractivity contribution in [2.75, 3.05) is 38.5 Å². The van der Waals surface area contributed by atoms with Crippen molar-refractivity contribution in [3.05, 3.63) is 36.2 Å². The van der Waals surface area contributed by atoms with E-state index in [1.54, 1.807) is 10.9 Å². The highest BCUT2D eigenvalue weighted by Gasteiger charge is 2.50. The van der Waals surface area contributed by atoms with Gasteiger partial charge in [0.15, 0.2) is 0 Å². The monoisotopic (exact) mass is 441 g/mol. The zero-order valence-electron chi connectivity index (χ0n) is 18.0. The van der Waals surface area contributed by atoms with E-state index in [0.717, 1.165) is 17.8 Å². The van der Waals surface area contributed by atoms with Gasteiger partial charge in [-0.05, 0) is 43.5 Å². The number of aliphatic carboxylic acids is 1. The summed E-state index contributed by atoms with van der Waals surface area (Å²) in [5.74, 6) is -1.43. The van der Waals surface area contributed by atoms with Crippen LogP contribution in [0.5, 0.6) is 0 Å². The number of carbonyl (C=O) groups is 3. The largest absolute Gasteiger partial charge is 0.479 e. The fourth-order valence-electron chi connectivity index (χ4n) is 4.39. The Labute approximate surface area is 185 Å². The van der Waals surface area contributed by atoms with E-state index < -0.39 is 11.5 Å². The number of benzene rings is 1. The van der Waals surface area contributed by atoms with E-state index in [4.69, 9.17) is 0 Å². The number of hydrogen-bond donors (Lipinski definition) is 3. The lowest BCUT2D eigenvalue weighted by Gasteiger charge is -2.36. The van der Waals surface area contributed by atoms with Crippen LogP contribution in [0.25, 0.3) is 5.69 Å². The quantitative estimate of drug-likeness (QED) is 0.576. The number of likely N-dealkylation sites (tertiary alicyclic amines) is 1. The minimum Gasteiger partial charge on any atom is -0.479 e. The second-order valence-corrected chi connectivity index (χ2v) is 8.12. The van der Waals surface area contributed by atoms with Crippen molar-refractivity contribution in [2.45, 2.75) is 31.2 Å². The smallest absolute Gasteiger partial charge is 0.330 e. The van der Waals surface area contributed by atoms with Gasteiger partial charge in [-0.15, -0.1) is 5.10 Å². The lowest BCUT2D eigenvalue weighted by atomic mass is 9.90. The molecule has 0 spiro atoms. The molecular weight excluding hydrogens is 414 g/mol. The number of hydrogen-bond acceptors (Lipinski definition) is 6. The van der Waals surface area contributed by atoms with Gasteiger partial charge < -0.3 is 25.5 Å². The highest BCUT2D eigenvalue weighted by molar-refractivity contribution is 5.90. The number of aromatic nitrogens is 3. The first-order chi connectivity index (χ1) is 15.4. The molecule has 11 nitrogen and oxygen atoms in total. The first kappa shape index (κ1) is 21.6. The average molecular weight is 441 g/mol. The van der Waals surface area contributed by atoms with Gasteiger partial charge in [0.1, 0.15) is 12.1 Å². The van der Waals surface area contributed by atoms with Gasteiger partial charge in [0.25, 0.3) is 0 Å². The normalized spacial score (nSPS) is 20.8. The Balaban J connectivity index is 1.52. The third-order valence-corrected chi connectivity index (χ3v) is 6.12. The van der Waals surface area contributed by atoms with Crippen LogP contribution in [0.2, 0.25) is 0 Å². The average Bonchev–Trinajstić information content (AvgIpc) is 3.44. The molecule has 2 aromatic rings. The molecule has 170 valence electrons. The number of nitrogens with zero attached hydrogens (tertiary/aromatic N) is 5. The van der Waals surface area contributed by atoms with E-state index >= 15 is 0 Å². The molecule has 1 atom stereocenters. The van der Waals surface area contributed by atoms with Crippen molar-refractivity contribution in [3.63, 3.8) is 0 Å². The third kappa shape index (κ3) is 4.10. The predicted molar refractivity (Wildman–Crippen MR) is 116 cm³/mol. The van der Waals surface area contributed by atoms with Crippen LogP contribution in [0.4, 0.5) is 10.5 Å². The van der Waals surface area contributed by atoms with Crippen LogP contribution in [0.3, 0.4) is 0 Å². The van der Waals surface area contributed by atoms with Crippen molar-refractivity contribution in [3.8, 4) is 5.69 Å². The molecular formula is C21H27N7O4. The number of carbonyl (C=O) groups excluding carboxylic acids is 2. The Bertz CT molecular complexity index is 1010. The summed E-state index contributed by atoms with van der Waals surface area (Å²) in [6.45, 7) is 1.26. The van der Waals surface area contributed by atoms with E-state index in [0.29, 0.717) is 38.2 Å². The summed E-state index contributed by atoms with van der Waals surface area (Å²) in [6, 6.07) is 7.28. The summed E-state index contributed by atoms with van der Waals surface area (Å²) in [5.41, 5.74) is 0.838. The summed E-state index contributed by atoms with van der Waals surface area (Å²) in [4.78, 5) is 40.3. The molecule has 2 aliphatic rings. The maximum Gasteiger partial charge on any atom is 0.330 e. The van der Waals surface area contributed by atoms with E-state index in [2.05, 4.69) is 20.9 Å². The maximum absolute atomic E-state index is 13.1. The molecule has 3 N–H and O–H groups in total.